The lowest BCUT2D eigenvalue weighted by atomic mass is 9.98. The van der Waals surface area contributed by atoms with Crippen LogP contribution in [0.1, 0.15) is 44.2 Å². The predicted molar refractivity (Wildman–Crippen MR) is 92.3 cm³/mol. The molecule has 1 aromatic carbocycles. The summed E-state index contributed by atoms with van der Waals surface area (Å²) in [7, 11) is 0. The number of aliphatic carboxylic acids is 1. The molecule has 0 spiro atoms. The molecule has 2 atom stereocenters. The Morgan fingerprint density at radius 1 is 1.29 bits per heavy atom. The van der Waals surface area contributed by atoms with Gasteiger partial charge in [-0.25, -0.2) is 4.79 Å². The lowest BCUT2D eigenvalue weighted by molar-refractivity contribution is -0.152. The third-order valence-electron chi connectivity index (χ3n) is 4.14. The molecule has 2 rings (SSSR count). The number of nitrogens with one attached hydrogen (secondary N) is 1. The second-order valence-corrected chi connectivity index (χ2v) is 6.86. The number of benzene rings is 1. The van der Waals surface area contributed by atoms with Crippen molar-refractivity contribution in [2.75, 3.05) is 6.54 Å². The van der Waals surface area contributed by atoms with Crippen LogP contribution in [0.2, 0.25) is 0 Å². The summed E-state index contributed by atoms with van der Waals surface area (Å²) in [6, 6.07) is 6.12. The van der Waals surface area contributed by atoms with Crippen molar-refractivity contribution in [2.24, 2.45) is 0 Å². The summed E-state index contributed by atoms with van der Waals surface area (Å²) in [5.74, 6) is -1.45. The highest BCUT2D eigenvalue weighted by molar-refractivity contribution is 9.10. The third-order valence-corrected chi connectivity index (χ3v) is 4.67. The maximum atomic E-state index is 12.6. The summed E-state index contributed by atoms with van der Waals surface area (Å²) >= 11 is 3.35. The van der Waals surface area contributed by atoms with Gasteiger partial charge in [-0.2, -0.15) is 0 Å². The van der Waals surface area contributed by atoms with Crippen LogP contribution in [-0.4, -0.2) is 40.4 Å². The minimum atomic E-state index is -0.970. The van der Waals surface area contributed by atoms with E-state index in [1.807, 2.05) is 24.3 Å². The molecule has 2 N–H and O–H groups in total. The fourth-order valence-corrected chi connectivity index (χ4v) is 3.24. The van der Waals surface area contributed by atoms with Gasteiger partial charge in [0.05, 0.1) is 12.5 Å². The minimum Gasteiger partial charge on any atom is -0.480 e. The van der Waals surface area contributed by atoms with Crippen molar-refractivity contribution >= 4 is 33.7 Å². The highest BCUT2D eigenvalue weighted by Crippen LogP contribution is 2.24. The smallest absolute Gasteiger partial charge is 0.326 e. The SMILES string of the molecule is CC(=O)NC(CC(=O)N1CCCCC1C(=O)O)c1ccc(Br)cc1. The first kappa shape index (κ1) is 18.4. The quantitative estimate of drug-likeness (QED) is 0.800. The van der Waals surface area contributed by atoms with Crippen LogP contribution in [0.3, 0.4) is 0 Å². The molecule has 0 aliphatic carbocycles. The normalized spacial score (nSPS) is 18.8. The Balaban J connectivity index is 2.15. The molecular weight excluding hydrogens is 376 g/mol. The van der Waals surface area contributed by atoms with E-state index in [4.69, 9.17) is 0 Å². The molecule has 130 valence electrons. The van der Waals surface area contributed by atoms with Gasteiger partial charge >= 0.3 is 5.97 Å². The molecule has 0 saturated carbocycles. The number of carboxylic acid groups (broad SMARTS) is 1. The number of likely N-dealkylation sites (tertiary alicyclic amines) is 1. The fourth-order valence-electron chi connectivity index (χ4n) is 2.97. The van der Waals surface area contributed by atoms with Gasteiger partial charge < -0.3 is 15.3 Å². The Morgan fingerprint density at radius 3 is 2.54 bits per heavy atom. The van der Waals surface area contributed by atoms with E-state index in [9.17, 15) is 19.5 Å². The average molecular weight is 397 g/mol. The van der Waals surface area contributed by atoms with E-state index in [1.54, 1.807) is 0 Å². The van der Waals surface area contributed by atoms with Crippen LogP contribution in [0.25, 0.3) is 0 Å². The molecule has 7 heteroatoms. The summed E-state index contributed by atoms with van der Waals surface area (Å²) in [5, 5.41) is 12.1. The van der Waals surface area contributed by atoms with Gasteiger partial charge in [-0.1, -0.05) is 28.1 Å². The van der Waals surface area contributed by atoms with Crippen molar-refractivity contribution < 1.29 is 19.5 Å². The molecule has 2 unspecified atom stereocenters. The standard InChI is InChI=1S/C17H21BrN2O4/c1-11(21)19-14(12-5-7-13(18)8-6-12)10-16(22)20-9-3-2-4-15(20)17(23)24/h5-8,14-15H,2-4,9-10H2,1H3,(H,19,21)(H,23,24). The molecule has 1 heterocycles. The Hall–Kier alpha value is -1.89. The highest BCUT2D eigenvalue weighted by atomic mass is 79.9. The number of amides is 2. The van der Waals surface area contributed by atoms with Crippen LogP contribution in [0.5, 0.6) is 0 Å². The van der Waals surface area contributed by atoms with E-state index in [1.165, 1.54) is 11.8 Å². The maximum Gasteiger partial charge on any atom is 0.326 e. The first-order valence-corrected chi connectivity index (χ1v) is 8.72. The van der Waals surface area contributed by atoms with Crippen LogP contribution in [-0.2, 0) is 14.4 Å². The number of piperidine rings is 1. The zero-order chi connectivity index (χ0) is 17.7. The zero-order valence-electron chi connectivity index (χ0n) is 13.5. The Kier molecular flexibility index (Phi) is 6.36. The summed E-state index contributed by atoms with van der Waals surface area (Å²) in [5.41, 5.74) is 0.811. The molecule has 24 heavy (non-hydrogen) atoms. The number of hydrogen-bond donors (Lipinski definition) is 2. The van der Waals surface area contributed by atoms with Crippen LogP contribution >= 0.6 is 15.9 Å². The van der Waals surface area contributed by atoms with E-state index in [0.717, 1.165) is 22.9 Å². The fraction of sp³-hybridized carbons (Fsp3) is 0.471. The Morgan fingerprint density at radius 2 is 1.96 bits per heavy atom. The Bertz CT molecular complexity index is 618. The average Bonchev–Trinajstić information content (AvgIpc) is 2.54. The van der Waals surface area contributed by atoms with Gasteiger partial charge in [-0.05, 0) is 37.0 Å². The first-order chi connectivity index (χ1) is 11.4. The zero-order valence-corrected chi connectivity index (χ0v) is 15.1. The van der Waals surface area contributed by atoms with Gasteiger partial charge in [-0.15, -0.1) is 0 Å². The molecule has 0 radical (unpaired) electrons. The maximum absolute atomic E-state index is 12.6. The van der Waals surface area contributed by atoms with Crippen molar-refractivity contribution in [3.8, 4) is 0 Å². The second kappa shape index (κ2) is 8.28. The molecule has 2 amide bonds. The molecule has 1 aliphatic heterocycles. The van der Waals surface area contributed by atoms with Crippen LogP contribution in [0, 0.1) is 0 Å². The molecule has 0 bridgehead atoms. The summed E-state index contributed by atoms with van der Waals surface area (Å²) in [6.45, 7) is 1.85. The van der Waals surface area contributed by atoms with E-state index in [2.05, 4.69) is 21.2 Å². The number of carboxylic acids is 1. The first-order valence-electron chi connectivity index (χ1n) is 7.93. The van der Waals surface area contributed by atoms with Crippen molar-refractivity contribution in [3.63, 3.8) is 0 Å². The number of carbonyl (C=O) groups excluding carboxylic acids is 2. The monoisotopic (exact) mass is 396 g/mol. The van der Waals surface area contributed by atoms with Gasteiger partial charge in [-0.3, -0.25) is 9.59 Å². The highest BCUT2D eigenvalue weighted by Gasteiger charge is 2.33. The van der Waals surface area contributed by atoms with Crippen molar-refractivity contribution in [1.29, 1.82) is 0 Å². The van der Waals surface area contributed by atoms with Crippen LogP contribution in [0.15, 0.2) is 28.7 Å². The summed E-state index contributed by atoms with van der Waals surface area (Å²) < 4.78 is 0.904. The second-order valence-electron chi connectivity index (χ2n) is 5.95. The van der Waals surface area contributed by atoms with Gasteiger partial charge in [0.15, 0.2) is 0 Å². The van der Waals surface area contributed by atoms with Gasteiger partial charge in [0.25, 0.3) is 0 Å². The molecule has 1 saturated heterocycles. The molecule has 6 nitrogen and oxygen atoms in total. The number of hydrogen-bond acceptors (Lipinski definition) is 3. The lowest BCUT2D eigenvalue weighted by Crippen LogP contribution is -2.48. The molecule has 0 aromatic heterocycles. The number of rotatable bonds is 5. The summed E-state index contributed by atoms with van der Waals surface area (Å²) in [6.07, 6.45) is 2.14. The van der Waals surface area contributed by atoms with Crippen LogP contribution in [0.4, 0.5) is 0 Å². The van der Waals surface area contributed by atoms with Crippen LogP contribution < -0.4 is 5.32 Å². The van der Waals surface area contributed by atoms with E-state index < -0.39 is 18.1 Å². The van der Waals surface area contributed by atoms with E-state index in [0.29, 0.717) is 13.0 Å². The topological polar surface area (TPSA) is 86.7 Å². The number of halogens is 1. The third kappa shape index (κ3) is 4.80. The molecule has 1 aliphatic rings. The molecular formula is C17H21BrN2O4. The van der Waals surface area contributed by atoms with E-state index >= 15 is 0 Å². The van der Waals surface area contributed by atoms with Crippen molar-refractivity contribution in [2.45, 2.75) is 44.7 Å². The van der Waals surface area contributed by atoms with Gasteiger partial charge in [0, 0.05) is 17.9 Å². The molecule has 1 fully saturated rings. The van der Waals surface area contributed by atoms with Crippen molar-refractivity contribution in [3.05, 3.63) is 34.3 Å². The Labute approximate surface area is 149 Å². The minimum absolute atomic E-state index is 0.0466. The van der Waals surface area contributed by atoms with Gasteiger partial charge in [0.1, 0.15) is 6.04 Å². The van der Waals surface area contributed by atoms with Crippen molar-refractivity contribution in [1.82, 2.24) is 10.2 Å². The number of carbonyl (C=O) groups is 3. The lowest BCUT2D eigenvalue weighted by Gasteiger charge is -2.34. The number of nitrogens with zero attached hydrogens (tertiary/aromatic N) is 1. The molecule has 1 aromatic rings. The van der Waals surface area contributed by atoms with Gasteiger partial charge in [0.2, 0.25) is 11.8 Å². The predicted octanol–water partition coefficient (Wildman–Crippen LogP) is 2.48. The summed E-state index contributed by atoms with van der Waals surface area (Å²) in [4.78, 5) is 36.9. The van der Waals surface area contributed by atoms with E-state index in [-0.39, 0.29) is 18.2 Å². The largest absolute Gasteiger partial charge is 0.480 e.